The maximum absolute atomic E-state index is 6.04. The number of hydrogen-bond donors (Lipinski definition) is 1. The number of aryl methyl sites for hydroxylation is 2. The van der Waals surface area contributed by atoms with E-state index in [-0.39, 0.29) is 6.17 Å². The van der Waals surface area contributed by atoms with Crippen LogP contribution in [0.2, 0.25) is 0 Å². The Morgan fingerprint density at radius 1 is 1.44 bits per heavy atom. The van der Waals surface area contributed by atoms with Gasteiger partial charge in [-0.15, -0.1) is 0 Å². The molecule has 1 aromatic heterocycles. The monoisotopic (exact) mass is 242 g/mol. The molecule has 1 unspecified atom stereocenters. The first-order valence-corrected chi connectivity index (χ1v) is 6.48. The summed E-state index contributed by atoms with van der Waals surface area (Å²) in [6, 6.07) is 8.48. The molecule has 0 saturated heterocycles. The first kappa shape index (κ1) is 11.4. The molecule has 1 aromatic carbocycles. The average molecular weight is 242 g/mol. The first-order valence-electron chi connectivity index (χ1n) is 6.48. The summed E-state index contributed by atoms with van der Waals surface area (Å²) in [7, 11) is 0. The van der Waals surface area contributed by atoms with E-state index in [0.29, 0.717) is 0 Å². The van der Waals surface area contributed by atoms with E-state index in [1.807, 2.05) is 4.68 Å². The largest absolute Gasteiger partial charge is 0.310 e. The van der Waals surface area contributed by atoms with E-state index < -0.39 is 0 Å². The summed E-state index contributed by atoms with van der Waals surface area (Å²) in [5.74, 6) is 1.92. The van der Waals surface area contributed by atoms with Gasteiger partial charge in [0.25, 0.3) is 0 Å². The molecule has 2 N–H and O–H groups in total. The summed E-state index contributed by atoms with van der Waals surface area (Å²) in [5.41, 5.74) is 8.57. The van der Waals surface area contributed by atoms with Crippen LogP contribution < -0.4 is 5.73 Å². The second-order valence-corrected chi connectivity index (χ2v) is 5.01. The maximum atomic E-state index is 6.04. The van der Waals surface area contributed by atoms with Gasteiger partial charge >= 0.3 is 0 Å². The molecule has 0 spiro atoms. The van der Waals surface area contributed by atoms with E-state index >= 15 is 0 Å². The van der Waals surface area contributed by atoms with Crippen LogP contribution in [0.25, 0.3) is 0 Å². The highest BCUT2D eigenvalue weighted by Gasteiger charge is 2.19. The molecule has 0 bridgehead atoms. The summed E-state index contributed by atoms with van der Waals surface area (Å²) < 4.78 is 1.90. The van der Waals surface area contributed by atoms with Gasteiger partial charge in [-0.3, -0.25) is 0 Å². The Morgan fingerprint density at radius 2 is 2.33 bits per heavy atom. The van der Waals surface area contributed by atoms with E-state index in [2.05, 4.69) is 41.3 Å². The number of hydrogen-bond acceptors (Lipinski definition) is 3. The zero-order chi connectivity index (χ0) is 12.5. The van der Waals surface area contributed by atoms with Gasteiger partial charge < -0.3 is 5.73 Å². The molecule has 1 aliphatic heterocycles. The number of rotatable bonds is 2. The molecule has 1 atom stereocenters. The molecular formula is C14H18N4. The molecule has 0 aliphatic carbocycles. The van der Waals surface area contributed by atoms with Crippen LogP contribution in [0.15, 0.2) is 24.3 Å². The highest BCUT2D eigenvalue weighted by Crippen LogP contribution is 2.19. The summed E-state index contributed by atoms with van der Waals surface area (Å²) in [5, 5.41) is 4.54. The molecule has 2 aromatic rings. The number of aromatic nitrogens is 3. The van der Waals surface area contributed by atoms with Crippen LogP contribution in [0.4, 0.5) is 0 Å². The number of nitrogens with two attached hydrogens (primary N) is 1. The molecule has 3 rings (SSSR count). The summed E-state index contributed by atoms with van der Waals surface area (Å²) >= 11 is 0. The molecule has 0 saturated carbocycles. The highest BCUT2D eigenvalue weighted by atomic mass is 15.4. The fourth-order valence-corrected chi connectivity index (χ4v) is 2.51. The van der Waals surface area contributed by atoms with Crippen molar-refractivity contribution in [3.05, 3.63) is 47.0 Å². The third kappa shape index (κ3) is 2.16. The van der Waals surface area contributed by atoms with Gasteiger partial charge in [0.2, 0.25) is 0 Å². The molecule has 1 aliphatic rings. The third-order valence-corrected chi connectivity index (χ3v) is 3.40. The van der Waals surface area contributed by atoms with Gasteiger partial charge in [0.05, 0.1) is 0 Å². The molecule has 2 heterocycles. The van der Waals surface area contributed by atoms with Gasteiger partial charge in [-0.05, 0) is 25.3 Å². The molecule has 94 valence electrons. The van der Waals surface area contributed by atoms with Crippen LogP contribution in [0, 0.1) is 6.92 Å². The van der Waals surface area contributed by atoms with E-state index in [1.54, 1.807) is 0 Å². The minimum atomic E-state index is 0.00695. The minimum absolute atomic E-state index is 0.00695. The van der Waals surface area contributed by atoms with Gasteiger partial charge in [-0.1, -0.05) is 29.8 Å². The van der Waals surface area contributed by atoms with Crippen molar-refractivity contribution in [2.45, 2.75) is 38.8 Å². The quantitative estimate of drug-likeness (QED) is 0.876. The lowest BCUT2D eigenvalue weighted by molar-refractivity contribution is 0.371. The standard InChI is InChI=1S/C14H18N4/c1-10-4-2-5-11(8-10)9-13-16-14-7-3-6-12(15)18(14)17-13/h2,4-5,8,12H,3,6-7,9,15H2,1H3. The van der Waals surface area contributed by atoms with Gasteiger partial charge in [0.15, 0.2) is 5.82 Å². The van der Waals surface area contributed by atoms with Gasteiger partial charge in [-0.2, -0.15) is 5.10 Å². The van der Waals surface area contributed by atoms with Crippen molar-refractivity contribution in [2.75, 3.05) is 0 Å². The molecule has 0 amide bonds. The molecule has 18 heavy (non-hydrogen) atoms. The van der Waals surface area contributed by atoms with Crippen LogP contribution in [0.5, 0.6) is 0 Å². The minimum Gasteiger partial charge on any atom is -0.310 e. The molecule has 4 nitrogen and oxygen atoms in total. The molecule has 0 radical (unpaired) electrons. The number of nitrogens with zero attached hydrogens (tertiary/aromatic N) is 3. The van der Waals surface area contributed by atoms with Gasteiger partial charge in [-0.25, -0.2) is 9.67 Å². The topological polar surface area (TPSA) is 56.7 Å². The second kappa shape index (κ2) is 4.53. The molecule has 0 fully saturated rings. The van der Waals surface area contributed by atoms with Gasteiger partial charge in [0.1, 0.15) is 12.0 Å². The van der Waals surface area contributed by atoms with Crippen molar-refractivity contribution in [3.8, 4) is 0 Å². The van der Waals surface area contributed by atoms with E-state index in [1.165, 1.54) is 11.1 Å². The average Bonchev–Trinajstić information content (AvgIpc) is 2.73. The SMILES string of the molecule is Cc1cccc(Cc2nc3n(n2)C(N)CCC3)c1. The first-order chi connectivity index (χ1) is 8.72. The zero-order valence-electron chi connectivity index (χ0n) is 10.6. The molecular weight excluding hydrogens is 224 g/mol. The fraction of sp³-hybridized carbons (Fsp3) is 0.429. The Bertz CT molecular complexity index is 559. The lowest BCUT2D eigenvalue weighted by Crippen LogP contribution is -2.25. The highest BCUT2D eigenvalue weighted by molar-refractivity contribution is 5.24. The Kier molecular flexibility index (Phi) is 2.88. The van der Waals surface area contributed by atoms with Crippen molar-refractivity contribution in [3.63, 3.8) is 0 Å². The van der Waals surface area contributed by atoms with Crippen molar-refractivity contribution in [1.29, 1.82) is 0 Å². The third-order valence-electron chi connectivity index (χ3n) is 3.40. The van der Waals surface area contributed by atoms with E-state index in [9.17, 15) is 0 Å². The number of benzene rings is 1. The maximum Gasteiger partial charge on any atom is 0.155 e. The molecule has 4 heteroatoms. The summed E-state index contributed by atoms with van der Waals surface area (Å²) in [4.78, 5) is 4.60. The van der Waals surface area contributed by atoms with Crippen LogP contribution in [-0.4, -0.2) is 14.8 Å². The van der Waals surface area contributed by atoms with Crippen LogP contribution in [-0.2, 0) is 12.8 Å². The van der Waals surface area contributed by atoms with Gasteiger partial charge in [0, 0.05) is 12.8 Å². The van der Waals surface area contributed by atoms with Crippen LogP contribution in [0.3, 0.4) is 0 Å². The Hall–Kier alpha value is -1.68. The Balaban J connectivity index is 1.85. The van der Waals surface area contributed by atoms with E-state index in [4.69, 9.17) is 5.73 Å². The second-order valence-electron chi connectivity index (χ2n) is 5.01. The Morgan fingerprint density at radius 3 is 3.11 bits per heavy atom. The fourth-order valence-electron chi connectivity index (χ4n) is 2.51. The predicted molar refractivity (Wildman–Crippen MR) is 70.2 cm³/mol. The van der Waals surface area contributed by atoms with E-state index in [0.717, 1.165) is 37.3 Å². The number of fused-ring (bicyclic) bond motifs is 1. The van der Waals surface area contributed by atoms with Crippen molar-refractivity contribution in [1.82, 2.24) is 14.8 Å². The van der Waals surface area contributed by atoms with Crippen molar-refractivity contribution >= 4 is 0 Å². The zero-order valence-corrected chi connectivity index (χ0v) is 10.6. The van der Waals surface area contributed by atoms with Crippen LogP contribution in [0.1, 0.15) is 41.8 Å². The van der Waals surface area contributed by atoms with Crippen molar-refractivity contribution in [2.24, 2.45) is 5.73 Å². The van der Waals surface area contributed by atoms with Crippen molar-refractivity contribution < 1.29 is 0 Å². The van der Waals surface area contributed by atoms with Crippen LogP contribution >= 0.6 is 0 Å². The summed E-state index contributed by atoms with van der Waals surface area (Å²) in [6.07, 6.45) is 3.90. The lowest BCUT2D eigenvalue weighted by Gasteiger charge is -2.18. The predicted octanol–water partition coefficient (Wildman–Crippen LogP) is 1.97. The summed E-state index contributed by atoms with van der Waals surface area (Å²) in [6.45, 7) is 2.10. The lowest BCUT2D eigenvalue weighted by atomic mass is 10.1. The smallest absolute Gasteiger partial charge is 0.155 e. The normalized spacial score (nSPS) is 18.7. The Labute approximate surface area is 107 Å².